The van der Waals surface area contributed by atoms with Crippen LogP contribution in [-0.4, -0.2) is 20.6 Å². The van der Waals surface area contributed by atoms with E-state index in [-0.39, 0.29) is 5.84 Å². The Kier molecular flexibility index (Phi) is 2.62. The van der Waals surface area contributed by atoms with Crippen molar-refractivity contribution >= 4 is 5.84 Å². The summed E-state index contributed by atoms with van der Waals surface area (Å²) in [6, 6.07) is 0. The van der Waals surface area contributed by atoms with Crippen molar-refractivity contribution in [1.82, 2.24) is 9.55 Å². The molecule has 0 saturated carbocycles. The Hall–Kier alpha value is -1.52. The van der Waals surface area contributed by atoms with E-state index in [0.29, 0.717) is 12.3 Å². The van der Waals surface area contributed by atoms with Crippen molar-refractivity contribution in [3.8, 4) is 0 Å². The summed E-state index contributed by atoms with van der Waals surface area (Å²) in [5, 5.41) is 11.5. The monoisotopic (exact) mass is 208 g/mol. The van der Waals surface area contributed by atoms with E-state index < -0.39 is 0 Å². The smallest absolute Gasteiger partial charge is 0.145 e. The van der Waals surface area contributed by atoms with Crippen LogP contribution in [0.15, 0.2) is 11.5 Å². The van der Waals surface area contributed by atoms with Crippen molar-refractivity contribution in [1.29, 1.82) is 0 Å². The van der Waals surface area contributed by atoms with Crippen molar-refractivity contribution < 1.29 is 5.21 Å². The Balaban J connectivity index is 2.21. The van der Waals surface area contributed by atoms with Gasteiger partial charge in [0.2, 0.25) is 0 Å². The van der Waals surface area contributed by atoms with Crippen molar-refractivity contribution in [2.75, 3.05) is 0 Å². The Morgan fingerprint density at radius 3 is 3.33 bits per heavy atom. The standard InChI is InChI=1S/C10H16N4O/c1-7-2-3-9-8(4-10(11)13-15)12-6-14(9)5-7/h6-7,15H,2-5H2,1H3,(H2,11,13). The van der Waals surface area contributed by atoms with Crippen LogP contribution in [-0.2, 0) is 19.4 Å². The van der Waals surface area contributed by atoms with Gasteiger partial charge in [0, 0.05) is 12.2 Å². The van der Waals surface area contributed by atoms with Crippen molar-refractivity contribution in [2.24, 2.45) is 16.8 Å². The van der Waals surface area contributed by atoms with Crippen LogP contribution in [0, 0.1) is 5.92 Å². The first-order valence-electron chi connectivity index (χ1n) is 5.20. The van der Waals surface area contributed by atoms with Gasteiger partial charge in [0.1, 0.15) is 5.84 Å². The Bertz CT molecular complexity index is 383. The summed E-state index contributed by atoms with van der Waals surface area (Å²) in [6.45, 7) is 3.27. The first-order valence-corrected chi connectivity index (χ1v) is 5.20. The number of nitrogens with zero attached hydrogens (tertiary/aromatic N) is 3. The molecule has 3 N–H and O–H groups in total. The molecule has 5 heteroatoms. The molecule has 15 heavy (non-hydrogen) atoms. The third-order valence-corrected chi connectivity index (χ3v) is 2.89. The van der Waals surface area contributed by atoms with E-state index in [1.165, 1.54) is 12.1 Å². The molecule has 1 unspecified atom stereocenters. The minimum atomic E-state index is 0.218. The van der Waals surface area contributed by atoms with E-state index >= 15 is 0 Å². The molecule has 0 amide bonds. The highest BCUT2D eigenvalue weighted by Crippen LogP contribution is 2.21. The number of oxime groups is 1. The fourth-order valence-electron chi connectivity index (χ4n) is 2.06. The molecule has 1 aliphatic rings. The van der Waals surface area contributed by atoms with Gasteiger partial charge in [0.05, 0.1) is 18.4 Å². The summed E-state index contributed by atoms with van der Waals surface area (Å²) < 4.78 is 2.17. The van der Waals surface area contributed by atoms with Gasteiger partial charge in [-0.2, -0.15) is 0 Å². The Morgan fingerprint density at radius 1 is 1.80 bits per heavy atom. The predicted molar refractivity (Wildman–Crippen MR) is 56.8 cm³/mol. The maximum absolute atomic E-state index is 8.51. The van der Waals surface area contributed by atoms with Crippen LogP contribution >= 0.6 is 0 Å². The quantitative estimate of drug-likeness (QED) is 0.326. The number of amidine groups is 1. The normalized spacial score (nSPS) is 21.4. The molecule has 0 fully saturated rings. The molecule has 1 aliphatic heterocycles. The molecule has 0 saturated heterocycles. The van der Waals surface area contributed by atoms with E-state index in [4.69, 9.17) is 10.9 Å². The summed E-state index contributed by atoms with van der Waals surface area (Å²) in [7, 11) is 0. The molecule has 0 radical (unpaired) electrons. The summed E-state index contributed by atoms with van der Waals surface area (Å²) in [5.41, 5.74) is 7.65. The van der Waals surface area contributed by atoms with Gasteiger partial charge in [-0.05, 0) is 18.8 Å². The largest absolute Gasteiger partial charge is 0.409 e. The van der Waals surface area contributed by atoms with E-state index in [1.54, 1.807) is 0 Å². The summed E-state index contributed by atoms with van der Waals surface area (Å²) >= 11 is 0. The first kappa shape index (κ1) is 10.0. The van der Waals surface area contributed by atoms with Gasteiger partial charge in [0.25, 0.3) is 0 Å². The zero-order valence-corrected chi connectivity index (χ0v) is 8.85. The molecule has 0 aromatic carbocycles. The number of rotatable bonds is 2. The molecule has 82 valence electrons. The first-order chi connectivity index (χ1) is 7.20. The lowest BCUT2D eigenvalue weighted by Crippen LogP contribution is -2.20. The van der Waals surface area contributed by atoms with Crippen LogP contribution in [0.2, 0.25) is 0 Å². The minimum Gasteiger partial charge on any atom is -0.409 e. The average molecular weight is 208 g/mol. The number of fused-ring (bicyclic) bond motifs is 1. The van der Waals surface area contributed by atoms with Crippen molar-refractivity contribution in [3.63, 3.8) is 0 Å². The van der Waals surface area contributed by atoms with Crippen LogP contribution in [0.1, 0.15) is 24.7 Å². The lowest BCUT2D eigenvalue weighted by atomic mass is 9.98. The SMILES string of the molecule is CC1CCc2c(C/C(N)=N/O)ncn2C1. The highest BCUT2D eigenvalue weighted by atomic mass is 16.4. The van der Waals surface area contributed by atoms with Crippen molar-refractivity contribution in [2.45, 2.75) is 32.7 Å². The summed E-state index contributed by atoms with van der Waals surface area (Å²) in [4.78, 5) is 4.31. The van der Waals surface area contributed by atoms with Crippen LogP contribution < -0.4 is 5.73 Å². The van der Waals surface area contributed by atoms with Gasteiger partial charge in [0.15, 0.2) is 0 Å². The third-order valence-electron chi connectivity index (χ3n) is 2.89. The van der Waals surface area contributed by atoms with Crippen LogP contribution in [0.5, 0.6) is 0 Å². The average Bonchev–Trinajstić information content (AvgIpc) is 2.60. The van der Waals surface area contributed by atoms with E-state index in [1.807, 2.05) is 6.33 Å². The molecular formula is C10H16N4O. The molecule has 1 aromatic heterocycles. The second-order valence-corrected chi connectivity index (χ2v) is 4.20. The number of aromatic nitrogens is 2. The van der Waals surface area contributed by atoms with Gasteiger partial charge in [-0.25, -0.2) is 4.98 Å². The lowest BCUT2D eigenvalue weighted by molar-refractivity contribution is 0.317. The molecule has 2 rings (SSSR count). The minimum absolute atomic E-state index is 0.218. The van der Waals surface area contributed by atoms with E-state index in [9.17, 15) is 0 Å². The maximum Gasteiger partial charge on any atom is 0.145 e. The second-order valence-electron chi connectivity index (χ2n) is 4.20. The number of nitrogens with two attached hydrogens (primary N) is 1. The zero-order chi connectivity index (χ0) is 10.8. The molecular weight excluding hydrogens is 192 g/mol. The van der Waals surface area contributed by atoms with Crippen LogP contribution in [0.25, 0.3) is 0 Å². The maximum atomic E-state index is 8.51. The van der Waals surface area contributed by atoms with Gasteiger partial charge in [-0.3, -0.25) is 0 Å². The summed E-state index contributed by atoms with van der Waals surface area (Å²) in [5.74, 6) is 0.929. The van der Waals surface area contributed by atoms with Gasteiger partial charge in [-0.1, -0.05) is 12.1 Å². The van der Waals surface area contributed by atoms with Crippen molar-refractivity contribution in [3.05, 3.63) is 17.7 Å². The fourth-order valence-corrected chi connectivity index (χ4v) is 2.06. The molecule has 0 spiro atoms. The Morgan fingerprint density at radius 2 is 2.60 bits per heavy atom. The number of hydrogen-bond acceptors (Lipinski definition) is 3. The van der Waals surface area contributed by atoms with Crippen LogP contribution in [0.4, 0.5) is 0 Å². The molecule has 5 nitrogen and oxygen atoms in total. The van der Waals surface area contributed by atoms with E-state index in [0.717, 1.165) is 18.7 Å². The fraction of sp³-hybridized carbons (Fsp3) is 0.600. The summed E-state index contributed by atoms with van der Waals surface area (Å²) in [6.07, 6.45) is 4.52. The predicted octanol–water partition coefficient (Wildman–Crippen LogP) is 0.754. The zero-order valence-electron chi connectivity index (χ0n) is 8.85. The second kappa shape index (κ2) is 3.92. The molecule has 2 heterocycles. The lowest BCUT2D eigenvalue weighted by Gasteiger charge is -2.21. The molecule has 0 aliphatic carbocycles. The van der Waals surface area contributed by atoms with Gasteiger partial charge in [-0.15, -0.1) is 0 Å². The van der Waals surface area contributed by atoms with Crippen LogP contribution in [0.3, 0.4) is 0 Å². The van der Waals surface area contributed by atoms with Gasteiger partial charge >= 0.3 is 0 Å². The number of hydrogen-bond donors (Lipinski definition) is 2. The molecule has 1 aromatic rings. The third kappa shape index (κ3) is 1.95. The molecule has 0 bridgehead atoms. The van der Waals surface area contributed by atoms with Gasteiger partial charge < -0.3 is 15.5 Å². The highest BCUT2D eigenvalue weighted by Gasteiger charge is 2.19. The van der Waals surface area contributed by atoms with E-state index in [2.05, 4.69) is 21.6 Å². The topological polar surface area (TPSA) is 76.4 Å². The number of imidazole rings is 1. The molecule has 1 atom stereocenters. The Labute approximate surface area is 88.6 Å². The highest BCUT2D eigenvalue weighted by molar-refractivity contribution is 5.81.